The third-order valence-corrected chi connectivity index (χ3v) is 7.25. The molecule has 3 aromatic rings. The van der Waals surface area contributed by atoms with E-state index < -0.39 is 0 Å². The second kappa shape index (κ2) is 9.24. The molecule has 8 heteroatoms. The molecule has 5 rings (SSSR count). The number of hydrogen-bond acceptors (Lipinski definition) is 5. The van der Waals surface area contributed by atoms with Gasteiger partial charge in [0.05, 0.1) is 11.5 Å². The lowest BCUT2D eigenvalue weighted by atomic mass is 9.93. The van der Waals surface area contributed by atoms with Gasteiger partial charge in [0.1, 0.15) is 11.6 Å². The van der Waals surface area contributed by atoms with Gasteiger partial charge in [-0.15, -0.1) is 10.2 Å². The highest BCUT2D eigenvalue weighted by molar-refractivity contribution is 7.08. The van der Waals surface area contributed by atoms with Gasteiger partial charge in [0.25, 0.3) is 5.91 Å². The monoisotopic (exact) mass is 449 g/mol. The summed E-state index contributed by atoms with van der Waals surface area (Å²) in [6.45, 7) is 2.63. The van der Waals surface area contributed by atoms with Crippen molar-refractivity contribution in [2.45, 2.75) is 44.7 Å². The van der Waals surface area contributed by atoms with E-state index in [0.717, 1.165) is 61.5 Å². The summed E-state index contributed by atoms with van der Waals surface area (Å²) in [6, 6.07) is 11.9. The summed E-state index contributed by atoms with van der Waals surface area (Å²) in [5.41, 5.74) is 1.88. The molecule has 0 saturated carbocycles. The Morgan fingerprint density at radius 3 is 2.62 bits per heavy atom. The van der Waals surface area contributed by atoms with Crippen LogP contribution in [0.15, 0.2) is 47.2 Å². The molecule has 1 saturated heterocycles. The summed E-state index contributed by atoms with van der Waals surface area (Å²) >= 11 is 1.55. The first-order valence-corrected chi connectivity index (χ1v) is 12.2. The standard InChI is InChI=1S/C24H27N5O2S/c30-23(25-14-17-4-2-1-3-5-17)19-6-7-21-26-27-22(29(21)15-19)18-8-11-28(12-9-18)24(31)20-10-13-32-16-20/h1-5,10,13,16,18-19H,6-9,11-12,14-15H2,(H,25,30)/t19-/m1/s1. The SMILES string of the molecule is O=C(NCc1ccccc1)[C@@H]1CCc2nnc(C3CCN(C(=O)c4ccsc4)CC3)n2C1. The Morgan fingerprint density at radius 2 is 1.88 bits per heavy atom. The van der Waals surface area contributed by atoms with E-state index in [9.17, 15) is 9.59 Å². The first kappa shape index (κ1) is 20.9. The van der Waals surface area contributed by atoms with Crippen molar-refractivity contribution in [1.82, 2.24) is 25.0 Å². The maximum atomic E-state index is 12.8. The zero-order valence-corrected chi connectivity index (χ0v) is 18.8. The highest BCUT2D eigenvalue weighted by Gasteiger charge is 2.32. The highest BCUT2D eigenvalue weighted by Crippen LogP contribution is 2.31. The lowest BCUT2D eigenvalue weighted by molar-refractivity contribution is -0.126. The summed E-state index contributed by atoms with van der Waals surface area (Å²) in [7, 11) is 0. The maximum absolute atomic E-state index is 12.8. The molecule has 2 amide bonds. The average molecular weight is 450 g/mol. The van der Waals surface area contributed by atoms with Gasteiger partial charge in [0.2, 0.25) is 5.91 Å². The van der Waals surface area contributed by atoms with Crippen molar-refractivity contribution in [3.63, 3.8) is 0 Å². The largest absolute Gasteiger partial charge is 0.352 e. The van der Waals surface area contributed by atoms with E-state index in [-0.39, 0.29) is 23.7 Å². The first-order chi connectivity index (χ1) is 15.7. The number of piperidine rings is 1. The Bertz CT molecular complexity index is 1070. The molecule has 0 unspecified atom stereocenters. The highest BCUT2D eigenvalue weighted by atomic mass is 32.1. The predicted octanol–water partition coefficient (Wildman–Crippen LogP) is 3.24. The lowest BCUT2D eigenvalue weighted by Crippen LogP contribution is -2.39. The van der Waals surface area contributed by atoms with Crippen molar-refractivity contribution in [2.75, 3.05) is 13.1 Å². The van der Waals surface area contributed by atoms with Crippen LogP contribution in [0.2, 0.25) is 0 Å². The molecule has 32 heavy (non-hydrogen) atoms. The Hall–Kier alpha value is -3.00. The van der Waals surface area contributed by atoms with Crippen LogP contribution in [-0.4, -0.2) is 44.6 Å². The summed E-state index contributed by atoms with van der Waals surface area (Å²) in [4.78, 5) is 27.4. The van der Waals surface area contributed by atoms with Crippen LogP contribution >= 0.6 is 11.3 Å². The van der Waals surface area contributed by atoms with Crippen molar-refractivity contribution < 1.29 is 9.59 Å². The fourth-order valence-electron chi connectivity index (χ4n) is 4.70. The Labute approximate surface area is 191 Å². The average Bonchev–Trinajstić information content (AvgIpc) is 3.53. The lowest BCUT2D eigenvalue weighted by Gasteiger charge is -2.32. The third-order valence-electron chi connectivity index (χ3n) is 6.57. The molecule has 1 aromatic carbocycles. The van der Waals surface area contributed by atoms with Gasteiger partial charge < -0.3 is 14.8 Å². The number of benzene rings is 1. The Morgan fingerprint density at radius 1 is 1.06 bits per heavy atom. The first-order valence-electron chi connectivity index (χ1n) is 11.2. The molecule has 166 valence electrons. The molecule has 2 aromatic heterocycles. The minimum atomic E-state index is -0.0683. The second-order valence-corrected chi connectivity index (χ2v) is 9.38. The van der Waals surface area contributed by atoms with Crippen molar-refractivity contribution in [1.29, 1.82) is 0 Å². The fourth-order valence-corrected chi connectivity index (χ4v) is 5.33. The molecular weight excluding hydrogens is 422 g/mol. The number of nitrogens with zero attached hydrogens (tertiary/aromatic N) is 4. The van der Waals surface area contributed by atoms with Gasteiger partial charge in [-0.1, -0.05) is 30.3 Å². The van der Waals surface area contributed by atoms with Gasteiger partial charge in [0.15, 0.2) is 0 Å². The normalized spacial score (nSPS) is 18.9. The van der Waals surface area contributed by atoms with E-state index in [0.29, 0.717) is 13.1 Å². The fraction of sp³-hybridized carbons (Fsp3) is 0.417. The van der Waals surface area contributed by atoms with E-state index in [2.05, 4.69) is 20.1 Å². The summed E-state index contributed by atoms with van der Waals surface area (Å²) < 4.78 is 2.16. The van der Waals surface area contributed by atoms with Gasteiger partial charge in [-0.05, 0) is 36.3 Å². The number of nitrogens with one attached hydrogen (secondary N) is 1. The van der Waals surface area contributed by atoms with E-state index in [1.54, 1.807) is 11.3 Å². The molecule has 2 aliphatic heterocycles. The minimum absolute atomic E-state index is 0.0683. The summed E-state index contributed by atoms with van der Waals surface area (Å²) in [5.74, 6) is 2.36. The number of fused-ring (bicyclic) bond motifs is 1. The number of aryl methyl sites for hydroxylation is 1. The zero-order valence-electron chi connectivity index (χ0n) is 17.9. The van der Waals surface area contributed by atoms with Crippen LogP contribution in [0.1, 0.15) is 52.8 Å². The number of thiophene rings is 1. The topological polar surface area (TPSA) is 80.1 Å². The molecule has 2 aliphatic rings. The van der Waals surface area contributed by atoms with E-state index in [1.807, 2.05) is 52.1 Å². The number of carbonyl (C=O) groups is 2. The summed E-state index contributed by atoms with van der Waals surface area (Å²) in [6.07, 6.45) is 3.32. The van der Waals surface area contributed by atoms with Crippen LogP contribution in [0.3, 0.4) is 0 Å². The maximum Gasteiger partial charge on any atom is 0.254 e. The number of rotatable bonds is 5. The zero-order chi connectivity index (χ0) is 21.9. The minimum Gasteiger partial charge on any atom is -0.352 e. The molecule has 0 aliphatic carbocycles. The molecule has 1 N–H and O–H groups in total. The number of hydrogen-bond donors (Lipinski definition) is 1. The number of likely N-dealkylation sites (tertiary alicyclic amines) is 1. The van der Waals surface area contributed by atoms with Gasteiger partial charge in [-0.2, -0.15) is 11.3 Å². The predicted molar refractivity (Wildman–Crippen MR) is 122 cm³/mol. The van der Waals surface area contributed by atoms with E-state index in [4.69, 9.17) is 0 Å². The van der Waals surface area contributed by atoms with Gasteiger partial charge >= 0.3 is 0 Å². The number of aromatic nitrogens is 3. The van der Waals surface area contributed by atoms with Crippen LogP contribution < -0.4 is 5.32 Å². The van der Waals surface area contributed by atoms with Crippen molar-refractivity contribution in [3.05, 3.63) is 69.9 Å². The number of amides is 2. The van der Waals surface area contributed by atoms with Crippen molar-refractivity contribution in [3.8, 4) is 0 Å². The summed E-state index contributed by atoms with van der Waals surface area (Å²) in [5, 5.41) is 15.9. The third kappa shape index (κ3) is 4.32. The molecule has 0 bridgehead atoms. The molecule has 1 atom stereocenters. The molecule has 1 fully saturated rings. The molecular formula is C24H27N5O2S. The van der Waals surface area contributed by atoms with Crippen LogP contribution in [0, 0.1) is 5.92 Å². The van der Waals surface area contributed by atoms with Crippen LogP contribution in [-0.2, 0) is 24.3 Å². The molecule has 0 radical (unpaired) electrons. The Balaban J connectivity index is 1.20. The van der Waals surface area contributed by atoms with Crippen molar-refractivity contribution >= 4 is 23.2 Å². The van der Waals surface area contributed by atoms with Gasteiger partial charge in [0, 0.05) is 43.9 Å². The number of carbonyl (C=O) groups excluding carboxylic acids is 2. The second-order valence-electron chi connectivity index (χ2n) is 8.60. The van der Waals surface area contributed by atoms with Crippen molar-refractivity contribution in [2.24, 2.45) is 5.92 Å². The molecule has 4 heterocycles. The van der Waals surface area contributed by atoms with Gasteiger partial charge in [-0.25, -0.2) is 0 Å². The Kier molecular flexibility index (Phi) is 6.03. The van der Waals surface area contributed by atoms with Crippen LogP contribution in [0.5, 0.6) is 0 Å². The molecule has 7 nitrogen and oxygen atoms in total. The van der Waals surface area contributed by atoms with Crippen LogP contribution in [0.4, 0.5) is 0 Å². The molecule has 0 spiro atoms. The van der Waals surface area contributed by atoms with E-state index >= 15 is 0 Å². The van der Waals surface area contributed by atoms with Crippen LogP contribution in [0.25, 0.3) is 0 Å². The smallest absolute Gasteiger partial charge is 0.254 e. The quantitative estimate of drug-likeness (QED) is 0.649. The van der Waals surface area contributed by atoms with Gasteiger partial charge in [-0.3, -0.25) is 9.59 Å². The van der Waals surface area contributed by atoms with E-state index in [1.165, 1.54) is 0 Å².